The molecule has 0 radical (unpaired) electrons. The number of hydrogen-bond donors (Lipinski definition) is 3. The van der Waals surface area contributed by atoms with Crippen LogP contribution in [0, 0.1) is 5.92 Å². The lowest BCUT2D eigenvalue weighted by atomic mass is 10.1. The van der Waals surface area contributed by atoms with Gasteiger partial charge in [0.15, 0.2) is 0 Å². The van der Waals surface area contributed by atoms with Crippen LogP contribution in [-0.4, -0.2) is 16.9 Å². The zero-order chi connectivity index (χ0) is 13.0. The van der Waals surface area contributed by atoms with E-state index in [1.165, 1.54) is 12.8 Å². The maximum atomic E-state index is 12.0. The molecule has 0 spiro atoms. The number of nitrogen functional groups attached to an aromatic ring is 1. The van der Waals surface area contributed by atoms with Gasteiger partial charge in [0.1, 0.15) is 5.69 Å². The second-order valence-corrected chi connectivity index (χ2v) is 4.83. The molecule has 4 N–H and O–H groups in total. The number of hydrogen-bond acceptors (Lipinski definition) is 4. The molecule has 98 valence electrons. The normalized spacial score (nSPS) is 16.1. The summed E-state index contributed by atoms with van der Waals surface area (Å²) in [5.74, 6) is 5.99. The Morgan fingerprint density at radius 3 is 3.00 bits per heavy atom. The molecule has 1 atom stereocenters. The highest BCUT2D eigenvalue weighted by Gasteiger charge is 2.25. The van der Waals surface area contributed by atoms with Gasteiger partial charge >= 0.3 is 0 Å². The highest BCUT2D eigenvalue weighted by molar-refractivity contribution is 5.93. The molecule has 2 rings (SSSR count). The maximum Gasteiger partial charge on any atom is 0.270 e. The Morgan fingerprint density at radius 1 is 1.61 bits per heavy atom. The summed E-state index contributed by atoms with van der Waals surface area (Å²) >= 11 is 0. The highest BCUT2D eigenvalue weighted by atomic mass is 16.1. The Balaban J connectivity index is 1.96. The van der Waals surface area contributed by atoms with E-state index in [0.717, 1.165) is 18.8 Å². The second kappa shape index (κ2) is 5.82. The number of pyridine rings is 1. The molecule has 18 heavy (non-hydrogen) atoms. The predicted octanol–water partition coefficient (Wildman–Crippen LogP) is 1.68. The van der Waals surface area contributed by atoms with Crippen LogP contribution in [0.25, 0.3) is 0 Å². The number of rotatable bonds is 6. The molecule has 1 unspecified atom stereocenters. The number of hydrazine groups is 1. The van der Waals surface area contributed by atoms with Crippen LogP contribution in [0.1, 0.15) is 43.1 Å². The summed E-state index contributed by atoms with van der Waals surface area (Å²) in [4.78, 5) is 16.1. The lowest BCUT2D eigenvalue weighted by molar-refractivity contribution is 0.0927. The maximum absolute atomic E-state index is 12.0. The fourth-order valence-corrected chi connectivity index (χ4v) is 1.99. The van der Waals surface area contributed by atoms with E-state index >= 15 is 0 Å². The van der Waals surface area contributed by atoms with Gasteiger partial charge in [0, 0.05) is 12.2 Å². The van der Waals surface area contributed by atoms with Gasteiger partial charge in [-0.2, -0.15) is 0 Å². The van der Waals surface area contributed by atoms with Crippen molar-refractivity contribution in [2.45, 2.75) is 38.6 Å². The van der Waals surface area contributed by atoms with Crippen molar-refractivity contribution in [3.05, 3.63) is 24.0 Å². The third-order valence-electron chi connectivity index (χ3n) is 3.30. The van der Waals surface area contributed by atoms with E-state index in [4.69, 9.17) is 5.84 Å². The summed E-state index contributed by atoms with van der Waals surface area (Å²) in [6.45, 7) is 2.10. The summed E-state index contributed by atoms with van der Waals surface area (Å²) < 4.78 is 0. The van der Waals surface area contributed by atoms with Crippen molar-refractivity contribution < 1.29 is 4.79 Å². The molecule has 1 aromatic heterocycles. The lowest BCUT2D eigenvalue weighted by Crippen LogP contribution is -2.35. The fourth-order valence-electron chi connectivity index (χ4n) is 1.99. The van der Waals surface area contributed by atoms with Crippen LogP contribution in [0.2, 0.25) is 0 Å². The molecular formula is C13H20N4O. The summed E-state index contributed by atoms with van der Waals surface area (Å²) in [6, 6.07) is 3.62. The Morgan fingerprint density at radius 2 is 2.39 bits per heavy atom. The van der Waals surface area contributed by atoms with E-state index in [9.17, 15) is 4.79 Å². The quantitative estimate of drug-likeness (QED) is 0.528. The van der Waals surface area contributed by atoms with Crippen LogP contribution in [0.4, 0.5) is 5.69 Å². The van der Waals surface area contributed by atoms with E-state index in [1.807, 2.05) is 0 Å². The molecule has 0 aromatic carbocycles. The Kier molecular flexibility index (Phi) is 4.15. The van der Waals surface area contributed by atoms with Crippen LogP contribution in [-0.2, 0) is 0 Å². The summed E-state index contributed by atoms with van der Waals surface area (Å²) in [5.41, 5.74) is 3.60. The van der Waals surface area contributed by atoms with Gasteiger partial charge in [-0.1, -0.05) is 19.8 Å². The number of nitrogens with one attached hydrogen (secondary N) is 2. The molecule has 0 saturated heterocycles. The summed E-state index contributed by atoms with van der Waals surface area (Å²) in [6.07, 6.45) is 6.22. The minimum absolute atomic E-state index is 0.125. The van der Waals surface area contributed by atoms with Gasteiger partial charge in [-0.3, -0.25) is 15.6 Å². The average Bonchev–Trinajstić information content (AvgIpc) is 3.21. The molecule has 5 nitrogen and oxygen atoms in total. The Bertz CT molecular complexity index is 417. The van der Waals surface area contributed by atoms with Crippen molar-refractivity contribution in [1.29, 1.82) is 0 Å². The van der Waals surface area contributed by atoms with Gasteiger partial charge in [-0.15, -0.1) is 0 Å². The molecule has 1 aliphatic rings. The molecule has 1 aromatic rings. The summed E-state index contributed by atoms with van der Waals surface area (Å²) in [7, 11) is 0. The van der Waals surface area contributed by atoms with Gasteiger partial charge in [-0.05, 0) is 30.9 Å². The predicted molar refractivity (Wildman–Crippen MR) is 70.9 cm³/mol. The number of anilines is 1. The van der Waals surface area contributed by atoms with Gasteiger partial charge in [0.25, 0.3) is 5.91 Å². The van der Waals surface area contributed by atoms with E-state index in [0.29, 0.717) is 11.4 Å². The largest absolute Gasteiger partial charge is 0.348 e. The van der Waals surface area contributed by atoms with E-state index in [1.54, 1.807) is 18.3 Å². The first-order valence-electron chi connectivity index (χ1n) is 6.46. The van der Waals surface area contributed by atoms with Crippen LogP contribution in [0.15, 0.2) is 18.3 Å². The monoisotopic (exact) mass is 248 g/mol. The number of amides is 1. The van der Waals surface area contributed by atoms with Crippen molar-refractivity contribution in [3.63, 3.8) is 0 Å². The van der Waals surface area contributed by atoms with Gasteiger partial charge < -0.3 is 10.7 Å². The first-order chi connectivity index (χ1) is 8.72. The number of carbonyl (C=O) groups is 1. The molecule has 5 heteroatoms. The van der Waals surface area contributed by atoms with Crippen molar-refractivity contribution in [2.24, 2.45) is 11.8 Å². The molecular weight excluding hydrogens is 228 g/mol. The molecule has 1 saturated carbocycles. The first kappa shape index (κ1) is 12.8. The minimum Gasteiger partial charge on any atom is -0.348 e. The molecule has 1 heterocycles. The van der Waals surface area contributed by atoms with E-state index in [2.05, 4.69) is 22.7 Å². The van der Waals surface area contributed by atoms with E-state index in [-0.39, 0.29) is 11.9 Å². The molecule has 0 bridgehead atoms. The Hall–Kier alpha value is -1.62. The Labute approximate surface area is 107 Å². The van der Waals surface area contributed by atoms with Crippen LogP contribution < -0.4 is 16.6 Å². The van der Waals surface area contributed by atoms with E-state index < -0.39 is 0 Å². The number of aromatic nitrogens is 1. The molecule has 1 fully saturated rings. The minimum atomic E-state index is -0.125. The van der Waals surface area contributed by atoms with Gasteiger partial charge in [0.05, 0.1) is 5.69 Å². The number of nitrogens with two attached hydrogens (primary N) is 1. The smallest absolute Gasteiger partial charge is 0.270 e. The third-order valence-corrected chi connectivity index (χ3v) is 3.30. The molecule has 1 amide bonds. The van der Waals surface area contributed by atoms with Crippen LogP contribution in [0.3, 0.4) is 0 Å². The van der Waals surface area contributed by atoms with Crippen molar-refractivity contribution in [1.82, 2.24) is 10.3 Å². The van der Waals surface area contributed by atoms with Crippen LogP contribution >= 0.6 is 0 Å². The van der Waals surface area contributed by atoms with Crippen molar-refractivity contribution >= 4 is 11.6 Å². The third kappa shape index (κ3) is 3.43. The van der Waals surface area contributed by atoms with Crippen molar-refractivity contribution in [2.75, 3.05) is 5.43 Å². The standard InChI is InChI=1S/C13H20N4O/c1-2-10(7-9-3-4-9)16-13(18)12-8-11(17-14)5-6-15-12/h5-6,8-10H,2-4,7,14H2,1H3,(H,15,17)(H,16,18). The topological polar surface area (TPSA) is 80.0 Å². The summed E-state index contributed by atoms with van der Waals surface area (Å²) in [5, 5.41) is 3.04. The molecule has 0 aliphatic heterocycles. The van der Waals surface area contributed by atoms with Gasteiger partial charge in [-0.25, -0.2) is 0 Å². The second-order valence-electron chi connectivity index (χ2n) is 4.83. The first-order valence-corrected chi connectivity index (χ1v) is 6.46. The lowest BCUT2D eigenvalue weighted by Gasteiger charge is -2.16. The average molecular weight is 248 g/mol. The zero-order valence-electron chi connectivity index (χ0n) is 10.6. The molecule has 1 aliphatic carbocycles. The van der Waals surface area contributed by atoms with Gasteiger partial charge in [0.2, 0.25) is 0 Å². The number of carbonyl (C=O) groups excluding carboxylic acids is 1. The fraction of sp³-hybridized carbons (Fsp3) is 0.538. The van der Waals surface area contributed by atoms with Crippen LogP contribution in [0.5, 0.6) is 0 Å². The van der Waals surface area contributed by atoms with Crippen molar-refractivity contribution in [3.8, 4) is 0 Å². The zero-order valence-corrected chi connectivity index (χ0v) is 10.6. The highest BCUT2D eigenvalue weighted by Crippen LogP contribution is 2.34. The number of nitrogens with zero attached hydrogens (tertiary/aromatic N) is 1. The SMILES string of the molecule is CCC(CC1CC1)NC(=O)c1cc(NN)ccn1.